The molecule has 1 spiro atoms. The van der Waals surface area contributed by atoms with E-state index in [-0.39, 0.29) is 29.0 Å². The predicted octanol–water partition coefficient (Wildman–Crippen LogP) is 3.95. The van der Waals surface area contributed by atoms with Gasteiger partial charge in [0.25, 0.3) is 0 Å². The van der Waals surface area contributed by atoms with Crippen molar-refractivity contribution in [2.45, 2.75) is 90.0 Å². The van der Waals surface area contributed by atoms with Crippen molar-refractivity contribution in [3.05, 3.63) is 53.2 Å². The van der Waals surface area contributed by atoms with Gasteiger partial charge in [0.15, 0.2) is 11.6 Å². The van der Waals surface area contributed by atoms with E-state index in [1.165, 1.54) is 6.92 Å². The number of amides is 1. The molecule has 1 saturated heterocycles. The number of rotatable bonds is 9. The second-order valence-corrected chi connectivity index (χ2v) is 13.1. The summed E-state index contributed by atoms with van der Waals surface area (Å²) in [6.07, 6.45) is 4.76. The van der Waals surface area contributed by atoms with Crippen molar-refractivity contribution < 1.29 is 19.4 Å². The second kappa shape index (κ2) is 12.0. The zero-order chi connectivity index (χ0) is 28.3. The van der Waals surface area contributed by atoms with Crippen LogP contribution in [0.2, 0.25) is 0 Å². The standard InChI is InChI=1S/C32H46N4O4/c1-22(37)34-26(17-23-9-6-5-7-10-23)28(38)21-33-27-20-32(11-8-12-32)40-29-25(27)18-24(19-31(2,3)4)35-30(29)36-13-15-39-16-14-36/h5-7,9-10,18,26-28,33,38H,8,11-17,19-21H2,1-4H3,(H,34,37)/t26-,27-,28-/m0/s1. The SMILES string of the molecule is CC(=O)N[C@@H](Cc1ccccc1)[C@@H](O)CN[C@H]1CC2(CCC2)Oc2c1cc(CC(C)(C)C)nc2N1CCOCC1. The van der Waals surface area contributed by atoms with Crippen LogP contribution in [-0.2, 0) is 22.4 Å². The number of aromatic nitrogens is 1. The molecule has 3 aliphatic rings. The quantitative estimate of drug-likeness (QED) is 0.435. The first-order chi connectivity index (χ1) is 19.1. The molecule has 2 fully saturated rings. The largest absolute Gasteiger partial charge is 0.483 e. The van der Waals surface area contributed by atoms with Gasteiger partial charge in [-0.2, -0.15) is 0 Å². The molecule has 1 aromatic heterocycles. The van der Waals surface area contributed by atoms with Gasteiger partial charge in [0.1, 0.15) is 5.60 Å². The van der Waals surface area contributed by atoms with Crippen molar-refractivity contribution in [2.75, 3.05) is 37.7 Å². The number of morpholine rings is 1. The number of hydrogen-bond acceptors (Lipinski definition) is 7. The molecule has 218 valence electrons. The average molecular weight is 551 g/mol. The highest BCUT2D eigenvalue weighted by molar-refractivity contribution is 5.73. The summed E-state index contributed by atoms with van der Waals surface area (Å²) in [7, 11) is 0. The molecule has 3 N–H and O–H groups in total. The fourth-order valence-electron chi connectivity index (χ4n) is 6.20. The highest BCUT2D eigenvalue weighted by atomic mass is 16.5. The van der Waals surface area contributed by atoms with Gasteiger partial charge in [-0.3, -0.25) is 4.79 Å². The van der Waals surface area contributed by atoms with E-state index in [1.54, 1.807) is 0 Å². The molecule has 1 amide bonds. The molecule has 3 heterocycles. The van der Waals surface area contributed by atoms with Crippen molar-refractivity contribution in [1.29, 1.82) is 0 Å². The first kappa shape index (κ1) is 28.8. The maximum absolute atomic E-state index is 12.0. The minimum atomic E-state index is -0.748. The van der Waals surface area contributed by atoms with Crippen molar-refractivity contribution in [1.82, 2.24) is 15.6 Å². The summed E-state index contributed by atoms with van der Waals surface area (Å²) in [4.78, 5) is 19.5. The Morgan fingerprint density at radius 1 is 1.20 bits per heavy atom. The van der Waals surface area contributed by atoms with E-state index in [0.29, 0.717) is 26.2 Å². The van der Waals surface area contributed by atoms with Gasteiger partial charge < -0.3 is 30.1 Å². The number of benzene rings is 1. The van der Waals surface area contributed by atoms with Gasteiger partial charge in [-0.25, -0.2) is 4.98 Å². The van der Waals surface area contributed by atoms with Gasteiger partial charge in [-0.05, 0) is 49.1 Å². The van der Waals surface area contributed by atoms with Gasteiger partial charge in [0.05, 0.1) is 25.4 Å². The third kappa shape index (κ3) is 6.96. The monoisotopic (exact) mass is 550 g/mol. The zero-order valence-electron chi connectivity index (χ0n) is 24.5. The van der Waals surface area contributed by atoms with Crippen LogP contribution in [0, 0.1) is 5.41 Å². The lowest BCUT2D eigenvalue weighted by atomic mass is 9.72. The molecule has 0 bridgehead atoms. The zero-order valence-corrected chi connectivity index (χ0v) is 24.5. The molecule has 8 heteroatoms. The van der Waals surface area contributed by atoms with E-state index < -0.39 is 6.10 Å². The minimum Gasteiger partial charge on any atom is -0.483 e. The minimum absolute atomic E-state index is 0.0231. The molecule has 0 radical (unpaired) electrons. The van der Waals surface area contributed by atoms with E-state index in [1.807, 2.05) is 30.3 Å². The third-order valence-electron chi connectivity index (χ3n) is 8.32. The van der Waals surface area contributed by atoms with E-state index in [4.69, 9.17) is 14.5 Å². The van der Waals surface area contributed by atoms with Gasteiger partial charge >= 0.3 is 0 Å². The lowest BCUT2D eigenvalue weighted by Crippen LogP contribution is -2.52. The Bertz CT molecular complexity index is 1160. The summed E-state index contributed by atoms with van der Waals surface area (Å²) < 4.78 is 12.5. The first-order valence-electron chi connectivity index (χ1n) is 14.9. The fourth-order valence-corrected chi connectivity index (χ4v) is 6.20. The Morgan fingerprint density at radius 2 is 1.93 bits per heavy atom. The molecule has 1 aliphatic carbocycles. The van der Waals surface area contributed by atoms with Crippen molar-refractivity contribution in [3.63, 3.8) is 0 Å². The summed E-state index contributed by atoms with van der Waals surface area (Å²) in [5.41, 5.74) is 3.17. The number of nitrogens with one attached hydrogen (secondary N) is 2. The lowest BCUT2D eigenvalue weighted by Gasteiger charge is -2.49. The molecule has 1 aromatic carbocycles. The van der Waals surface area contributed by atoms with Gasteiger partial charge in [-0.15, -0.1) is 0 Å². The number of hydrogen-bond donors (Lipinski definition) is 3. The molecule has 0 unspecified atom stereocenters. The number of anilines is 1. The average Bonchev–Trinajstić information content (AvgIpc) is 2.90. The van der Waals surface area contributed by atoms with E-state index in [2.05, 4.69) is 42.4 Å². The van der Waals surface area contributed by atoms with Crippen LogP contribution in [0.25, 0.3) is 0 Å². The number of aliphatic hydroxyl groups excluding tert-OH is 1. The number of carbonyl (C=O) groups is 1. The van der Waals surface area contributed by atoms with Crippen LogP contribution in [0.5, 0.6) is 5.75 Å². The van der Waals surface area contributed by atoms with Crippen molar-refractivity contribution in [3.8, 4) is 5.75 Å². The van der Waals surface area contributed by atoms with E-state index in [9.17, 15) is 9.90 Å². The summed E-state index contributed by atoms with van der Waals surface area (Å²) in [5.74, 6) is 1.68. The molecule has 2 aromatic rings. The summed E-state index contributed by atoms with van der Waals surface area (Å²) in [5, 5.41) is 18.0. The van der Waals surface area contributed by atoms with Crippen LogP contribution >= 0.6 is 0 Å². The highest BCUT2D eigenvalue weighted by Gasteiger charge is 2.47. The highest BCUT2D eigenvalue weighted by Crippen LogP contribution is 2.52. The summed E-state index contributed by atoms with van der Waals surface area (Å²) >= 11 is 0. The van der Waals surface area contributed by atoms with Crippen molar-refractivity contribution in [2.24, 2.45) is 5.41 Å². The third-order valence-corrected chi connectivity index (χ3v) is 8.32. The molecule has 2 aliphatic heterocycles. The normalized spacial score (nSPS) is 21.6. The Morgan fingerprint density at radius 3 is 2.55 bits per heavy atom. The Balaban J connectivity index is 1.42. The number of aliphatic hydroxyl groups is 1. The van der Waals surface area contributed by atoms with Crippen molar-refractivity contribution >= 4 is 11.7 Å². The van der Waals surface area contributed by atoms with E-state index >= 15 is 0 Å². The summed E-state index contributed by atoms with van der Waals surface area (Å²) in [6.45, 7) is 11.5. The predicted molar refractivity (Wildman–Crippen MR) is 157 cm³/mol. The number of nitrogens with zero attached hydrogens (tertiary/aromatic N) is 2. The first-order valence-corrected chi connectivity index (χ1v) is 14.9. The smallest absolute Gasteiger partial charge is 0.217 e. The van der Waals surface area contributed by atoms with Crippen LogP contribution in [0.1, 0.15) is 76.2 Å². The Kier molecular flexibility index (Phi) is 8.69. The molecule has 1 saturated carbocycles. The molecule has 40 heavy (non-hydrogen) atoms. The van der Waals surface area contributed by atoms with Crippen LogP contribution in [0.3, 0.4) is 0 Å². The molecular weight excluding hydrogens is 504 g/mol. The fraction of sp³-hybridized carbons (Fsp3) is 0.625. The number of carbonyl (C=O) groups excluding carboxylic acids is 1. The van der Waals surface area contributed by atoms with Gasteiger partial charge in [0.2, 0.25) is 5.91 Å². The summed E-state index contributed by atoms with van der Waals surface area (Å²) in [6, 6.07) is 11.9. The maximum atomic E-state index is 12.0. The van der Waals surface area contributed by atoms with Gasteiger partial charge in [-0.1, -0.05) is 51.1 Å². The van der Waals surface area contributed by atoms with Crippen LogP contribution in [-0.4, -0.2) is 66.6 Å². The second-order valence-electron chi connectivity index (χ2n) is 13.1. The number of ether oxygens (including phenoxy) is 2. The van der Waals surface area contributed by atoms with Crippen LogP contribution < -0.4 is 20.3 Å². The topological polar surface area (TPSA) is 96.0 Å². The molecular formula is C32H46N4O4. The lowest BCUT2D eigenvalue weighted by molar-refractivity contribution is -0.120. The Labute approximate surface area is 238 Å². The Hall–Kier alpha value is -2.68. The van der Waals surface area contributed by atoms with Crippen LogP contribution in [0.4, 0.5) is 5.82 Å². The van der Waals surface area contributed by atoms with Crippen LogP contribution in [0.15, 0.2) is 36.4 Å². The molecule has 8 nitrogen and oxygen atoms in total. The number of pyridine rings is 1. The van der Waals surface area contributed by atoms with E-state index in [0.717, 1.165) is 73.6 Å². The maximum Gasteiger partial charge on any atom is 0.217 e. The molecule has 3 atom stereocenters. The number of fused-ring (bicyclic) bond motifs is 1. The molecule has 5 rings (SSSR count). The van der Waals surface area contributed by atoms with Gasteiger partial charge in [0, 0.05) is 50.3 Å².